The number of hydrogen-bond donors (Lipinski definition) is 2. The number of anilines is 1. The predicted molar refractivity (Wildman–Crippen MR) is 80.2 cm³/mol. The fraction of sp³-hybridized carbons (Fsp3) is 0.538. The molecule has 0 spiro atoms. The molecule has 1 aliphatic rings. The van der Waals surface area contributed by atoms with Crippen molar-refractivity contribution in [2.75, 3.05) is 11.9 Å². The molecule has 0 saturated heterocycles. The van der Waals surface area contributed by atoms with Crippen LogP contribution in [0.1, 0.15) is 25.7 Å². The topological polar surface area (TPSA) is 105 Å². The Morgan fingerprint density at radius 3 is 2.67 bits per heavy atom. The number of nitrogens with zero attached hydrogens (tertiary/aromatic N) is 2. The van der Waals surface area contributed by atoms with E-state index in [1.165, 1.54) is 12.3 Å². The molecule has 1 aromatic heterocycles. The maximum absolute atomic E-state index is 10.9. The van der Waals surface area contributed by atoms with Gasteiger partial charge >= 0.3 is 5.97 Å². The highest BCUT2D eigenvalue weighted by atomic mass is 79.9. The number of aliphatic carboxylic acids is 1. The molecule has 1 saturated carbocycles. The van der Waals surface area contributed by atoms with Gasteiger partial charge in [0, 0.05) is 12.6 Å². The predicted octanol–water partition coefficient (Wildman–Crippen LogP) is 3.06. The van der Waals surface area contributed by atoms with Gasteiger partial charge in [0.15, 0.2) is 0 Å². The molecule has 1 fully saturated rings. The molecule has 0 aromatic carbocycles. The maximum Gasteiger partial charge on any atom is 0.306 e. The number of aromatic nitrogens is 1. The first-order chi connectivity index (χ1) is 9.97. The summed E-state index contributed by atoms with van der Waals surface area (Å²) < 4.78 is 0.552. The molecule has 1 aliphatic carbocycles. The second-order valence-electron chi connectivity index (χ2n) is 5.22. The van der Waals surface area contributed by atoms with Crippen LogP contribution in [0.15, 0.2) is 16.7 Å². The van der Waals surface area contributed by atoms with Gasteiger partial charge in [-0.15, -0.1) is 0 Å². The Labute approximate surface area is 130 Å². The molecule has 7 nitrogen and oxygen atoms in total. The van der Waals surface area contributed by atoms with Crippen LogP contribution in [-0.4, -0.2) is 27.5 Å². The Morgan fingerprint density at radius 2 is 2.14 bits per heavy atom. The smallest absolute Gasteiger partial charge is 0.306 e. The van der Waals surface area contributed by atoms with Gasteiger partial charge in [0.1, 0.15) is 12.0 Å². The lowest BCUT2D eigenvalue weighted by molar-refractivity contribution is -0.385. The van der Waals surface area contributed by atoms with Crippen LogP contribution in [0.4, 0.5) is 11.5 Å². The van der Waals surface area contributed by atoms with Gasteiger partial charge in [0.05, 0.1) is 15.3 Å². The first-order valence-corrected chi connectivity index (χ1v) is 7.53. The van der Waals surface area contributed by atoms with E-state index in [4.69, 9.17) is 5.11 Å². The third-order valence-corrected chi connectivity index (χ3v) is 4.40. The molecule has 2 N–H and O–H groups in total. The zero-order chi connectivity index (χ0) is 15.4. The van der Waals surface area contributed by atoms with Crippen molar-refractivity contribution in [1.82, 2.24) is 4.98 Å². The van der Waals surface area contributed by atoms with Crippen molar-refractivity contribution in [3.63, 3.8) is 0 Å². The van der Waals surface area contributed by atoms with Crippen molar-refractivity contribution < 1.29 is 14.8 Å². The number of nitro groups is 1. The monoisotopic (exact) mass is 357 g/mol. The zero-order valence-corrected chi connectivity index (χ0v) is 12.9. The van der Waals surface area contributed by atoms with E-state index >= 15 is 0 Å². The van der Waals surface area contributed by atoms with E-state index in [0.29, 0.717) is 35.6 Å². The van der Waals surface area contributed by atoms with Crippen LogP contribution in [-0.2, 0) is 4.79 Å². The molecule has 0 aliphatic heterocycles. The average Bonchev–Trinajstić information content (AvgIpc) is 2.46. The van der Waals surface area contributed by atoms with Gasteiger partial charge < -0.3 is 10.4 Å². The Morgan fingerprint density at radius 1 is 1.48 bits per heavy atom. The number of carbonyl (C=O) groups is 1. The molecule has 0 unspecified atom stereocenters. The summed E-state index contributed by atoms with van der Waals surface area (Å²) in [5, 5.41) is 22.7. The number of rotatable bonds is 5. The highest BCUT2D eigenvalue weighted by Gasteiger charge is 2.25. The van der Waals surface area contributed by atoms with Gasteiger partial charge in [-0.1, -0.05) is 0 Å². The summed E-state index contributed by atoms with van der Waals surface area (Å²) in [4.78, 5) is 25.1. The van der Waals surface area contributed by atoms with Crippen LogP contribution >= 0.6 is 15.9 Å². The van der Waals surface area contributed by atoms with Crippen LogP contribution in [0.3, 0.4) is 0 Å². The number of carboxylic acid groups (broad SMARTS) is 1. The Balaban J connectivity index is 1.87. The largest absolute Gasteiger partial charge is 0.481 e. The second kappa shape index (κ2) is 6.84. The summed E-state index contributed by atoms with van der Waals surface area (Å²) in [6.45, 7) is 0.690. The summed E-state index contributed by atoms with van der Waals surface area (Å²) in [6, 6.07) is 1.41. The molecule has 0 bridgehead atoms. The number of hydrogen-bond acceptors (Lipinski definition) is 5. The van der Waals surface area contributed by atoms with E-state index in [0.717, 1.165) is 12.8 Å². The number of carboxylic acids is 1. The average molecular weight is 358 g/mol. The molecule has 1 aromatic rings. The number of pyridine rings is 1. The molecule has 1 heterocycles. The highest BCUT2D eigenvalue weighted by Crippen LogP contribution is 2.30. The third kappa shape index (κ3) is 4.13. The lowest BCUT2D eigenvalue weighted by Crippen LogP contribution is -2.25. The molecular formula is C13H16BrN3O4. The van der Waals surface area contributed by atoms with Crippen LogP contribution in [0.25, 0.3) is 0 Å². The fourth-order valence-electron chi connectivity index (χ4n) is 2.51. The Bertz CT molecular complexity index is 544. The quantitative estimate of drug-likeness (QED) is 0.619. The zero-order valence-electron chi connectivity index (χ0n) is 11.3. The van der Waals surface area contributed by atoms with Gasteiger partial charge in [-0.3, -0.25) is 14.9 Å². The van der Waals surface area contributed by atoms with E-state index in [2.05, 4.69) is 26.2 Å². The van der Waals surface area contributed by atoms with Gasteiger partial charge in [-0.2, -0.15) is 0 Å². The van der Waals surface area contributed by atoms with Gasteiger partial charge in [-0.25, -0.2) is 4.98 Å². The van der Waals surface area contributed by atoms with E-state index in [1.807, 2.05) is 0 Å². The molecule has 2 rings (SSSR count). The molecule has 21 heavy (non-hydrogen) atoms. The van der Waals surface area contributed by atoms with Crippen molar-refractivity contribution in [2.45, 2.75) is 25.7 Å². The van der Waals surface area contributed by atoms with Crippen LogP contribution in [0.5, 0.6) is 0 Å². The molecule has 8 heteroatoms. The first-order valence-electron chi connectivity index (χ1n) is 6.74. The Hall–Kier alpha value is -1.70. The fourth-order valence-corrected chi connectivity index (χ4v) is 2.99. The van der Waals surface area contributed by atoms with Crippen LogP contribution < -0.4 is 5.32 Å². The Kier molecular flexibility index (Phi) is 5.11. The third-order valence-electron chi connectivity index (χ3n) is 3.79. The van der Waals surface area contributed by atoms with Crippen molar-refractivity contribution in [3.05, 3.63) is 26.9 Å². The molecular weight excluding hydrogens is 342 g/mol. The number of nitrogens with one attached hydrogen (secondary N) is 1. The minimum Gasteiger partial charge on any atom is -0.481 e. The van der Waals surface area contributed by atoms with E-state index in [9.17, 15) is 14.9 Å². The summed E-state index contributed by atoms with van der Waals surface area (Å²) in [6.07, 6.45) is 4.37. The van der Waals surface area contributed by atoms with Crippen LogP contribution in [0, 0.1) is 22.0 Å². The maximum atomic E-state index is 10.9. The minimum absolute atomic E-state index is 0.0607. The molecule has 0 atom stereocenters. The van der Waals surface area contributed by atoms with Crippen molar-refractivity contribution in [1.29, 1.82) is 0 Å². The second-order valence-corrected chi connectivity index (χ2v) is 6.07. The summed E-state index contributed by atoms with van der Waals surface area (Å²) >= 11 is 3.26. The van der Waals surface area contributed by atoms with Crippen molar-refractivity contribution >= 4 is 33.4 Å². The lowest BCUT2D eigenvalue weighted by atomic mass is 9.82. The molecule has 114 valence electrons. The first kappa shape index (κ1) is 15.7. The van der Waals surface area contributed by atoms with Crippen molar-refractivity contribution in [3.8, 4) is 0 Å². The normalized spacial score (nSPS) is 21.8. The minimum atomic E-state index is -0.707. The highest BCUT2D eigenvalue weighted by molar-refractivity contribution is 9.10. The van der Waals surface area contributed by atoms with E-state index in [1.54, 1.807) is 0 Å². The van der Waals surface area contributed by atoms with Crippen molar-refractivity contribution in [2.24, 2.45) is 11.8 Å². The lowest BCUT2D eigenvalue weighted by Gasteiger charge is -2.26. The van der Waals surface area contributed by atoms with E-state index in [-0.39, 0.29) is 11.6 Å². The standard InChI is InChI=1S/C13H16BrN3O4/c14-11-5-10(17(20)21)7-16-12(11)15-6-8-1-3-9(4-2-8)13(18)19/h5,7-9H,1-4,6H2,(H,15,16)(H,18,19). The number of halogens is 1. The molecule has 0 amide bonds. The SMILES string of the molecule is O=C(O)C1CCC(CNc2ncc([N+](=O)[O-])cc2Br)CC1. The van der Waals surface area contributed by atoms with Crippen LogP contribution in [0.2, 0.25) is 0 Å². The summed E-state index contributed by atoms with van der Waals surface area (Å²) in [7, 11) is 0. The van der Waals surface area contributed by atoms with E-state index < -0.39 is 10.9 Å². The van der Waals surface area contributed by atoms with Gasteiger partial charge in [0.25, 0.3) is 5.69 Å². The summed E-state index contributed by atoms with van der Waals surface area (Å²) in [5.41, 5.74) is -0.0607. The van der Waals surface area contributed by atoms with Gasteiger partial charge in [0.2, 0.25) is 0 Å². The molecule has 0 radical (unpaired) electrons. The van der Waals surface area contributed by atoms with Gasteiger partial charge in [-0.05, 0) is 47.5 Å². The summed E-state index contributed by atoms with van der Waals surface area (Å²) in [5.74, 6) is 0.0529.